The largest absolute Gasteiger partial charge is 0.440 e. The van der Waals surface area contributed by atoms with Gasteiger partial charge in [-0.05, 0) is 6.92 Å². The average molecular weight is 329 g/mol. The molecule has 0 bridgehead atoms. The van der Waals surface area contributed by atoms with Crippen LogP contribution in [0, 0.1) is 12.8 Å². The summed E-state index contributed by atoms with van der Waals surface area (Å²) in [6, 6.07) is 9.82. The highest BCUT2D eigenvalue weighted by atomic mass is 16.4. The van der Waals surface area contributed by atoms with Gasteiger partial charge in [0.05, 0.1) is 11.8 Å². The Hall–Kier alpha value is -2.18. The van der Waals surface area contributed by atoms with Crippen LogP contribution in [0.5, 0.6) is 0 Å². The van der Waals surface area contributed by atoms with Crippen molar-refractivity contribution in [1.82, 2.24) is 15.6 Å². The Kier molecular flexibility index (Phi) is 5.27. The van der Waals surface area contributed by atoms with E-state index >= 15 is 0 Å². The van der Waals surface area contributed by atoms with E-state index in [0.717, 1.165) is 23.6 Å². The molecule has 2 aromatic rings. The number of nitrogens with one attached hydrogen (secondary N) is 2. The van der Waals surface area contributed by atoms with Gasteiger partial charge in [-0.2, -0.15) is 0 Å². The fourth-order valence-electron chi connectivity index (χ4n) is 2.90. The van der Waals surface area contributed by atoms with Gasteiger partial charge in [-0.1, -0.05) is 30.3 Å². The number of aliphatic hydroxyl groups excluding tert-OH is 1. The molecule has 24 heavy (non-hydrogen) atoms. The molecule has 2 unspecified atom stereocenters. The SMILES string of the molecule is Cc1nc(CCC(=O)NCC2CNCC2O)oc1-c1ccccc1. The van der Waals surface area contributed by atoms with E-state index in [0.29, 0.717) is 31.8 Å². The first-order valence-corrected chi connectivity index (χ1v) is 8.30. The molecule has 3 N–H and O–H groups in total. The van der Waals surface area contributed by atoms with Crippen LogP contribution in [0.4, 0.5) is 0 Å². The molecule has 3 rings (SSSR count). The van der Waals surface area contributed by atoms with E-state index in [1.54, 1.807) is 0 Å². The van der Waals surface area contributed by atoms with Crippen molar-refractivity contribution in [2.45, 2.75) is 25.9 Å². The third-order valence-electron chi connectivity index (χ3n) is 4.31. The molecule has 2 heterocycles. The smallest absolute Gasteiger partial charge is 0.220 e. The van der Waals surface area contributed by atoms with E-state index < -0.39 is 0 Å². The highest BCUT2D eigenvalue weighted by molar-refractivity contribution is 5.76. The average Bonchev–Trinajstić information content (AvgIpc) is 3.17. The lowest BCUT2D eigenvalue weighted by Gasteiger charge is -2.13. The Morgan fingerprint density at radius 2 is 2.17 bits per heavy atom. The molecule has 0 saturated carbocycles. The van der Waals surface area contributed by atoms with Crippen LogP contribution >= 0.6 is 0 Å². The zero-order chi connectivity index (χ0) is 16.9. The summed E-state index contributed by atoms with van der Waals surface area (Å²) in [4.78, 5) is 16.4. The lowest BCUT2D eigenvalue weighted by molar-refractivity contribution is -0.121. The van der Waals surface area contributed by atoms with Gasteiger partial charge >= 0.3 is 0 Å². The van der Waals surface area contributed by atoms with Crippen molar-refractivity contribution < 1.29 is 14.3 Å². The maximum absolute atomic E-state index is 12.0. The molecule has 1 amide bonds. The predicted molar refractivity (Wildman–Crippen MR) is 90.4 cm³/mol. The third kappa shape index (κ3) is 4.01. The summed E-state index contributed by atoms with van der Waals surface area (Å²) in [6.45, 7) is 3.73. The molecular weight excluding hydrogens is 306 g/mol. The first-order chi connectivity index (χ1) is 11.6. The lowest BCUT2D eigenvalue weighted by atomic mass is 10.1. The first-order valence-electron chi connectivity index (χ1n) is 8.30. The standard InChI is InChI=1S/C18H23N3O3/c1-12-18(13-5-3-2-4-6-13)24-17(21-12)8-7-16(23)20-10-14-9-19-11-15(14)22/h2-6,14-15,19,22H,7-11H2,1H3,(H,20,23). The van der Waals surface area contributed by atoms with Crippen LogP contribution in [0.15, 0.2) is 34.7 Å². The van der Waals surface area contributed by atoms with Gasteiger partial charge in [0.15, 0.2) is 11.7 Å². The molecule has 1 aromatic carbocycles. The van der Waals surface area contributed by atoms with Crippen molar-refractivity contribution in [2.75, 3.05) is 19.6 Å². The second-order valence-corrected chi connectivity index (χ2v) is 6.18. The molecule has 1 aromatic heterocycles. The van der Waals surface area contributed by atoms with Crippen molar-refractivity contribution >= 4 is 5.91 Å². The van der Waals surface area contributed by atoms with Gasteiger partial charge in [0.2, 0.25) is 5.91 Å². The fraction of sp³-hybridized carbons (Fsp3) is 0.444. The molecule has 1 aliphatic heterocycles. The molecule has 6 heteroatoms. The Morgan fingerprint density at radius 3 is 2.88 bits per heavy atom. The molecule has 6 nitrogen and oxygen atoms in total. The lowest BCUT2D eigenvalue weighted by Crippen LogP contribution is -2.34. The molecule has 1 aliphatic rings. The number of aliphatic hydroxyl groups is 1. The molecule has 0 spiro atoms. The first kappa shape index (κ1) is 16.7. The van der Waals surface area contributed by atoms with Crippen molar-refractivity contribution in [3.8, 4) is 11.3 Å². The van der Waals surface area contributed by atoms with Gasteiger partial charge in [0, 0.05) is 44.0 Å². The normalized spacial score (nSPS) is 20.2. The number of hydrogen-bond donors (Lipinski definition) is 3. The van der Waals surface area contributed by atoms with Crippen molar-refractivity contribution in [2.24, 2.45) is 5.92 Å². The monoisotopic (exact) mass is 329 g/mol. The van der Waals surface area contributed by atoms with Crippen LogP contribution in [-0.2, 0) is 11.2 Å². The van der Waals surface area contributed by atoms with E-state index in [2.05, 4.69) is 15.6 Å². The topological polar surface area (TPSA) is 87.4 Å². The minimum Gasteiger partial charge on any atom is -0.440 e. The van der Waals surface area contributed by atoms with E-state index in [1.807, 2.05) is 37.3 Å². The zero-order valence-corrected chi connectivity index (χ0v) is 13.8. The molecule has 128 valence electrons. The van der Waals surface area contributed by atoms with Gasteiger partial charge in [-0.15, -0.1) is 0 Å². The van der Waals surface area contributed by atoms with Crippen molar-refractivity contribution in [3.63, 3.8) is 0 Å². The highest BCUT2D eigenvalue weighted by Gasteiger charge is 2.25. The number of amides is 1. The Labute approximate surface area is 141 Å². The zero-order valence-electron chi connectivity index (χ0n) is 13.8. The minimum atomic E-state index is -0.381. The molecule has 1 saturated heterocycles. The Bertz CT molecular complexity index is 684. The summed E-state index contributed by atoms with van der Waals surface area (Å²) < 4.78 is 5.80. The number of carbonyl (C=O) groups is 1. The Morgan fingerprint density at radius 1 is 1.38 bits per heavy atom. The van der Waals surface area contributed by atoms with Gasteiger partial charge in [-0.3, -0.25) is 4.79 Å². The number of carbonyl (C=O) groups excluding carboxylic acids is 1. The van der Waals surface area contributed by atoms with Gasteiger partial charge < -0.3 is 20.2 Å². The van der Waals surface area contributed by atoms with Crippen LogP contribution in [-0.4, -0.2) is 41.7 Å². The van der Waals surface area contributed by atoms with Crippen LogP contribution < -0.4 is 10.6 Å². The maximum atomic E-state index is 12.0. The van der Waals surface area contributed by atoms with Crippen molar-refractivity contribution in [3.05, 3.63) is 41.9 Å². The molecular formula is C18H23N3O3. The summed E-state index contributed by atoms with van der Waals surface area (Å²) in [5, 5.41) is 15.7. The highest BCUT2D eigenvalue weighted by Crippen LogP contribution is 2.24. The maximum Gasteiger partial charge on any atom is 0.220 e. The number of aromatic nitrogens is 1. The molecule has 1 fully saturated rings. The number of rotatable bonds is 6. The second-order valence-electron chi connectivity index (χ2n) is 6.18. The molecule has 0 aliphatic carbocycles. The van der Waals surface area contributed by atoms with Crippen LogP contribution in [0.3, 0.4) is 0 Å². The Balaban J connectivity index is 1.51. The number of nitrogens with zero attached hydrogens (tertiary/aromatic N) is 1. The summed E-state index contributed by atoms with van der Waals surface area (Å²) >= 11 is 0. The molecule has 0 radical (unpaired) electrons. The predicted octanol–water partition coefficient (Wildman–Crippen LogP) is 1.28. The third-order valence-corrected chi connectivity index (χ3v) is 4.31. The fourth-order valence-corrected chi connectivity index (χ4v) is 2.90. The number of oxazole rings is 1. The minimum absolute atomic E-state index is 0.0498. The van der Waals surface area contributed by atoms with E-state index in [1.165, 1.54) is 0 Å². The summed E-state index contributed by atoms with van der Waals surface area (Å²) in [7, 11) is 0. The second kappa shape index (κ2) is 7.59. The van der Waals surface area contributed by atoms with Crippen LogP contribution in [0.1, 0.15) is 18.0 Å². The van der Waals surface area contributed by atoms with E-state index in [9.17, 15) is 9.90 Å². The number of aryl methyl sites for hydroxylation is 2. The summed E-state index contributed by atoms with van der Waals surface area (Å²) in [5.74, 6) is 1.36. The number of benzene rings is 1. The van der Waals surface area contributed by atoms with Crippen LogP contribution in [0.25, 0.3) is 11.3 Å². The van der Waals surface area contributed by atoms with Gasteiger partial charge in [-0.25, -0.2) is 4.98 Å². The quantitative estimate of drug-likeness (QED) is 0.743. The van der Waals surface area contributed by atoms with E-state index in [-0.39, 0.29) is 17.9 Å². The number of hydrogen-bond acceptors (Lipinski definition) is 5. The molecule has 2 atom stereocenters. The summed E-state index contributed by atoms with van der Waals surface area (Å²) in [6.07, 6.45) is 0.406. The van der Waals surface area contributed by atoms with Gasteiger partial charge in [0.1, 0.15) is 0 Å². The van der Waals surface area contributed by atoms with E-state index in [4.69, 9.17) is 4.42 Å². The summed E-state index contributed by atoms with van der Waals surface area (Å²) in [5.41, 5.74) is 1.82. The van der Waals surface area contributed by atoms with Crippen LogP contribution in [0.2, 0.25) is 0 Å². The van der Waals surface area contributed by atoms with Crippen molar-refractivity contribution in [1.29, 1.82) is 0 Å². The number of β-amino-alcohol motifs (C(OH)–C–C–N with tert-alkyl or cyclic N) is 1. The van der Waals surface area contributed by atoms with Gasteiger partial charge in [0.25, 0.3) is 0 Å².